The molecule has 1 N–H and O–H groups in total. The van der Waals surface area contributed by atoms with E-state index in [0.717, 1.165) is 32.6 Å². The monoisotopic (exact) mass is 311 g/mol. The summed E-state index contributed by atoms with van der Waals surface area (Å²) in [6.07, 6.45) is 0.763. The average molecular weight is 311 g/mol. The number of aryl methyl sites for hydroxylation is 1. The first kappa shape index (κ1) is 16.9. The molecule has 1 aromatic heterocycles. The van der Waals surface area contributed by atoms with E-state index in [4.69, 9.17) is 9.15 Å². The predicted octanol–water partition coefficient (Wildman–Crippen LogP) is -0.488. The molecule has 8 nitrogen and oxygen atoms in total. The number of nitrogens with zero attached hydrogens (tertiary/aromatic N) is 4. The number of hydrogen-bond donors (Lipinski definition) is 1. The van der Waals surface area contributed by atoms with E-state index in [9.17, 15) is 4.79 Å². The van der Waals surface area contributed by atoms with Gasteiger partial charge in [-0.3, -0.25) is 14.6 Å². The molecule has 2 rings (SSSR count). The number of carbonyl (C=O) groups is 1. The highest BCUT2D eigenvalue weighted by Gasteiger charge is 2.20. The maximum Gasteiger partial charge on any atom is 0.234 e. The average Bonchev–Trinajstić information content (AvgIpc) is 2.97. The lowest BCUT2D eigenvalue weighted by Crippen LogP contribution is -2.49. The zero-order valence-corrected chi connectivity index (χ0v) is 13.4. The highest BCUT2D eigenvalue weighted by molar-refractivity contribution is 5.77. The third kappa shape index (κ3) is 5.36. The highest BCUT2D eigenvalue weighted by Crippen LogP contribution is 2.08. The summed E-state index contributed by atoms with van der Waals surface area (Å²) >= 11 is 0. The third-order valence-electron chi connectivity index (χ3n) is 3.63. The quantitative estimate of drug-likeness (QED) is 0.649. The van der Waals surface area contributed by atoms with Gasteiger partial charge in [0.25, 0.3) is 0 Å². The SMILES string of the molecule is CCc1nnc(CN2CCN(CC(=O)NCCOC)CC2)o1. The van der Waals surface area contributed by atoms with Crippen LogP contribution in [0.2, 0.25) is 0 Å². The second-order valence-electron chi connectivity index (χ2n) is 5.34. The molecule has 0 spiro atoms. The lowest BCUT2D eigenvalue weighted by Gasteiger charge is -2.33. The minimum atomic E-state index is 0.0509. The Labute approximate surface area is 130 Å². The summed E-state index contributed by atoms with van der Waals surface area (Å²) in [6.45, 7) is 7.76. The van der Waals surface area contributed by atoms with Crippen molar-refractivity contribution < 1.29 is 13.9 Å². The van der Waals surface area contributed by atoms with Gasteiger partial charge in [-0.2, -0.15) is 0 Å². The fourth-order valence-corrected chi connectivity index (χ4v) is 2.34. The molecule has 0 aromatic carbocycles. The van der Waals surface area contributed by atoms with Gasteiger partial charge in [0, 0.05) is 46.3 Å². The van der Waals surface area contributed by atoms with Gasteiger partial charge >= 0.3 is 0 Å². The van der Waals surface area contributed by atoms with Gasteiger partial charge in [0.05, 0.1) is 19.7 Å². The van der Waals surface area contributed by atoms with E-state index < -0.39 is 0 Å². The van der Waals surface area contributed by atoms with Crippen LogP contribution in [0.25, 0.3) is 0 Å². The zero-order valence-electron chi connectivity index (χ0n) is 13.4. The Balaban J connectivity index is 1.66. The Hall–Kier alpha value is -1.51. The molecule has 1 saturated heterocycles. The standard InChI is InChI=1S/C14H25N5O3/c1-3-13-16-17-14(22-13)11-19-7-5-18(6-8-19)10-12(20)15-4-9-21-2/h3-11H2,1-2H3,(H,15,20). The molecule has 1 fully saturated rings. The topological polar surface area (TPSA) is 83.7 Å². The van der Waals surface area contributed by atoms with Gasteiger partial charge < -0.3 is 14.5 Å². The van der Waals surface area contributed by atoms with Crippen molar-refractivity contribution in [3.8, 4) is 0 Å². The molecule has 1 aliphatic rings. The van der Waals surface area contributed by atoms with E-state index in [2.05, 4.69) is 25.3 Å². The number of carbonyl (C=O) groups excluding carboxylic acids is 1. The molecular weight excluding hydrogens is 286 g/mol. The number of piperazine rings is 1. The van der Waals surface area contributed by atoms with E-state index in [1.165, 1.54) is 0 Å². The van der Waals surface area contributed by atoms with Gasteiger partial charge in [-0.15, -0.1) is 10.2 Å². The number of aromatic nitrogens is 2. The fraction of sp³-hybridized carbons (Fsp3) is 0.786. The predicted molar refractivity (Wildman–Crippen MR) is 80.3 cm³/mol. The summed E-state index contributed by atoms with van der Waals surface area (Å²) in [4.78, 5) is 16.2. The number of amides is 1. The maximum absolute atomic E-state index is 11.7. The van der Waals surface area contributed by atoms with E-state index in [0.29, 0.717) is 38.0 Å². The van der Waals surface area contributed by atoms with Crippen LogP contribution in [-0.4, -0.2) is 78.9 Å². The Morgan fingerprint density at radius 1 is 1.23 bits per heavy atom. The second kappa shape index (κ2) is 8.82. The van der Waals surface area contributed by atoms with Crippen molar-refractivity contribution in [2.24, 2.45) is 0 Å². The number of ether oxygens (including phenoxy) is 1. The number of methoxy groups -OCH3 is 1. The van der Waals surface area contributed by atoms with Crippen molar-refractivity contribution in [2.45, 2.75) is 19.9 Å². The van der Waals surface area contributed by atoms with Crippen molar-refractivity contribution in [3.63, 3.8) is 0 Å². The molecule has 0 saturated carbocycles. The van der Waals surface area contributed by atoms with Crippen molar-refractivity contribution >= 4 is 5.91 Å². The van der Waals surface area contributed by atoms with Crippen molar-refractivity contribution in [1.29, 1.82) is 0 Å². The molecule has 1 amide bonds. The van der Waals surface area contributed by atoms with Crippen LogP contribution in [0.1, 0.15) is 18.7 Å². The molecule has 8 heteroatoms. The van der Waals surface area contributed by atoms with Crippen LogP contribution in [0, 0.1) is 0 Å². The normalized spacial score (nSPS) is 16.8. The molecule has 0 bridgehead atoms. The van der Waals surface area contributed by atoms with Crippen LogP contribution in [0.15, 0.2) is 4.42 Å². The number of rotatable bonds is 8. The number of hydrogen-bond acceptors (Lipinski definition) is 7. The smallest absolute Gasteiger partial charge is 0.234 e. The van der Waals surface area contributed by atoms with Crippen LogP contribution in [0.3, 0.4) is 0 Å². The molecule has 0 aliphatic carbocycles. The Morgan fingerprint density at radius 3 is 2.55 bits per heavy atom. The molecule has 1 aliphatic heterocycles. The van der Waals surface area contributed by atoms with Crippen molar-refractivity contribution in [3.05, 3.63) is 11.8 Å². The summed E-state index contributed by atoms with van der Waals surface area (Å²) in [5.74, 6) is 1.40. The first-order chi connectivity index (χ1) is 10.7. The van der Waals surface area contributed by atoms with Gasteiger partial charge in [-0.05, 0) is 0 Å². The minimum absolute atomic E-state index is 0.0509. The second-order valence-corrected chi connectivity index (χ2v) is 5.34. The largest absolute Gasteiger partial charge is 0.424 e. The first-order valence-electron chi connectivity index (χ1n) is 7.73. The molecular formula is C14H25N5O3. The van der Waals surface area contributed by atoms with Gasteiger partial charge in [0.15, 0.2) is 0 Å². The van der Waals surface area contributed by atoms with E-state index in [-0.39, 0.29) is 5.91 Å². The lowest BCUT2D eigenvalue weighted by molar-refractivity contribution is -0.122. The summed E-state index contributed by atoms with van der Waals surface area (Å²) in [7, 11) is 1.62. The van der Waals surface area contributed by atoms with Crippen molar-refractivity contribution in [2.75, 3.05) is 53.0 Å². The number of nitrogens with one attached hydrogen (secondary N) is 1. The van der Waals surface area contributed by atoms with Gasteiger partial charge in [-0.25, -0.2) is 0 Å². The summed E-state index contributed by atoms with van der Waals surface area (Å²) in [5, 5.41) is 10.9. The summed E-state index contributed by atoms with van der Waals surface area (Å²) in [6, 6.07) is 0. The van der Waals surface area contributed by atoms with Crippen LogP contribution in [0.5, 0.6) is 0 Å². The Bertz CT molecular complexity index is 457. The van der Waals surface area contributed by atoms with Gasteiger partial charge in [-0.1, -0.05) is 6.92 Å². The highest BCUT2D eigenvalue weighted by atomic mass is 16.5. The molecule has 124 valence electrons. The van der Waals surface area contributed by atoms with Crippen LogP contribution < -0.4 is 5.32 Å². The van der Waals surface area contributed by atoms with Crippen molar-refractivity contribution in [1.82, 2.24) is 25.3 Å². The molecule has 0 radical (unpaired) electrons. The van der Waals surface area contributed by atoms with E-state index in [1.807, 2.05) is 6.92 Å². The molecule has 1 aromatic rings. The summed E-state index contributed by atoms with van der Waals surface area (Å²) < 4.78 is 10.4. The van der Waals surface area contributed by atoms with E-state index >= 15 is 0 Å². The first-order valence-corrected chi connectivity index (χ1v) is 7.73. The maximum atomic E-state index is 11.7. The van der Waals surface area contributed by atoms with E-state index in [1.54, 1.807) is 7.11 Å². The third-order valence-corrected chi connectivity index (χ3v) is 3.63. The molecule has 0 atom stereocenters. The minimum Gasteiger partial charge on any atom is -0.424 e. The summed E-state index contributed by atoms with van der Waals surface area (Å²) in [5.41, 5.74) is 0. The van der Waals surface area contributed by atoms with Crippen LogP contribution in [0.4, 0.5) is 0 Å². The van der Waals surface area contributed by atoms with Crippen LogP contribution in [-0.2, 0) is 22.5 Å². The molecule has 0 unspecified atom stereocenters. The van der Waals surface area contributed by atoms with Gasteiger partial charge in [0.1, 0.15) is 0 Å². The zero-order chi connectivity index (χ0) is 15.8. The van der Waals surface area contributed by atoms with Gasteiger partial charge in [0.2, 0.25) is 17.7 Å². The fourth-order valence-electron chi connectivity index (χ4n) is 2.34. The van der Waals surface area contributed by atoms with Crippen LogP contribution >= 0.6 is 0 Å². The molecule has 22 heavy (non-hydrogen) atoms. The lowest BCUT2D eigenvalue weighted by atomic mass is 10.3. The Kier molecular flexibility index (Phi) is 6.75. The Morgan fingerprint density at radius 2 is 1.91 bits per heavy atom. The molecule has 2 heterocycles.